The van der Waals surface area contributed by atoms with Crippen LogP contribution in [-0.4, -0.2) is 41.7 Å². The second-order valence-corrected chi connectivity index (χ2v) is 4.61. The molecule has 5 heteroatoms. The number of ether oxygens (including phenoxy) is 1. The van der Waals surface area contributed by atoms with E-state index in [4.69, 9.17) is 10.5 Å². The van der Waals surface area contributed by atoms with Gasteiger partial charge in [-0.2, -0.15) is 0 Å². The highest BCUT2D eigenvalue weighted by molar-refractivity contribution is 5.96. The predicted octanol–water partition coefficient (Wildman–Crippen LogP) is 0.484. The number of rotatable bonds is 2. The minimum Gasteiger partial charge on any atom is -0.495 e. The van der Waals surface area contributed by atoms with Crippen LogP contribution in [-0.2, 0) is 0 Å². The number of nitrogen functional groups attached to an aromatic ring is 1. The van der Waals surface area contributed by atoms with E-state index in [9.17, 15) is 9.90 Å². The molecule has 17 heavy (non-hydrogen) atoms. The van der Waals surface area contributed by atoms with Crippen LogP contribution in [0.15, 0.2) is 18.2 Å². The minimum absolute atomic E-state index is 0.120. The summed E-state index contributed by atoms with van der Waals surface area (Å²) in [6.07, 6.45) is 0. The van der Waals surface area contributed by atoms with Crippen molar-refractivity contribution in [3.05, 3.63) is 23.8 Å². The van der Waals surface area contributed by atoms with Gasteiger partial charge in [-0.3, -0.25) is 4.79 Å². The standard InChI is InChI=1S/C12H16N2O3/c1-12(16)6-14(7-12)11(15)8-3-4-10(17-2)9(13)5-8/h3-5,16H,6-7,13H2,1-2H3. The van der Waals surface area contributed by atoms with Crippen LogP contribution in [0.25, 0.3) is 0 Å². The largest absolute Gasteiger partial charge is 0.495 e. The molecule has 2 rings (SSSR count). The smallest absolute Gasteiger partial charge is 0.254 e. The summed E-state index contributed by atoms with van der Waals surface area (Å²) >= 11 is 0. The molecule has 1 aromatic rings. The van der Waals surface area contributed by atoms with Crippen molar-refractivity contribution in [3.8, 4) is 5.75 Å². The predicted molar refractivity (Wildman–Crippen MR) is 63.9 cm³/mol. The number of amides is 1. The van der Waals surface area contributed by atoms with Crippen LogP contribution in [0.1, 0.15) is 17.3 Å². The fourth-order valence-corrected chi connectivity index (χ4v) is 1.97. The molecule has 0 aromatic heterocycles. The summed E-state index contributed by atoms with van der Waals surface area (Å²) in [6.45, 7) is 2.43. The average molecular weight is 236 g/mol. The van der Waals surface area contributed by atoms with Crippen LogP contribution in [0, 0.1) is 0 Å². The van der Waals surface area contributed by atoms with Crippen LogP contribution in [0.5, 0.6) is 5.75 Å². The quantitative estimate of drug-likeness (QED) is 0.732. The molecule has 1 aliphatic rings. The number of benzene rings is 1. The summed E-state index contributed by atoms with van der Waals surface area (Å²) in [5.74, 6) is 0.433. The van der Waals surface area contributed by atoms with Crippen molar-refractivity contribution in [2.45, 2.75) is 12.5 Å². The number of carbonyl (C=O) groups is 1. The summed E-state index contributed by atoms with van der Waals surface area (Å²) in [4.78, 5) is 13.6. The molecule has 0 spiro atoms. The van der Waals surface area contributed by atoms with Crippen LogP contribution in [0.3, 0.4) is 0 Å². The van der Waals surface area contributed by atoms with Gasteiger partial charge in [0.1, 0.15) is 5.75 Å². The molecule has 0 radical (unpaired) electrons. The number of hydrogen-bond acceptors (Lipinski definition) is 4. The summed E-state index contributed by atoms with van der Waals surface area (Å²) in [6, 6.07) is 4.93. The molecular weight excluding hydrogens is 220 g/mol. The first-order valence-corrected chi connectivity index (χ1v) is 5.38. The van der Waals surface area contributed by atoms with E-state index < -0.39 is 5.60 Å². The molecule has 0 bridgehead atoms. The maximum Gasteiger partial charge on any atom is 0.254 e. The second kappa shape index (κ2) is 3.92. The number of nitrogens with zero attached hydrogens (tertiary/aromatic N) is 1. The number of anilines is 1. The van der Waals surface area contributed by atoms with Gasteiger partial charge < -0.3 is 20.5 Å². The van der Waals surface area contributed by atoms with Gasteiger partial charge in [-0.15, -0.1) is 0 Å². The Morgan fingerprint density at radius 3 is 2.65 bits per heavy atom. The lowest BCUT2D eigenvalue weighted by Crippen LogP contribution is -2.61. The summed E-state index contributed by atoms with van der Waals surface area (Å²) < 4.78 is 5.02. The maximum absolute atomic E-state index is 12.0. The third-order valence-electron chi connectivity index (χ3n) is 2.83. The fraction of sp³-hybridized carbons (Fsp3) is 0.417. The molecule has 0 saturated carbocycles. The van der Waals surface area contributed by atoms with E-state index in [2.05, 4.69) is 0 Å². The molecule has 1 aliphatic heterocycles. The lowest BCUT2D eigenvalue weighted by Gasteiger charge is -2.44. The molecule has 5 nitrogen and oxygen atoms in total. The zero-order chi connectivity index (χ0) is 12.6. The molecule has 1 saturated heterocycles. The number of likely N-dealkylation sites (tertiary alicyclic amines) is 1. The van der Waals surface area contributed by atoms with Crippen LogP contribution in [0.4, 0.5) is 5.69 Å². The van der Waals surface area contributed by atoms with Crippen molar-refractivity contribution in [1.29, 1.82) is 0 Å². The first-order chi connectivity index (χ1) is 7.93. The third-order valence-corrected chi connectivity index (χ3v) is 2.83. The zero-order valence-corrected chi connectivity index (χ0v) is 9.93. The lowest BCUT2D eigenvalue weighted by atomic mass is 9.96. The van der Waals surface area contributed by atoms with Crippen molar-refractivity contribution < 1.29 is 14.6 Å². The van der Waals surface area contributed by atoms with E-state index in [1.165, 1.54) is 7.11 Å². The molecule has 92 valence electrons. The molecule has 1 heterocycles. The van der Waals surface area contributed by atoms with Gasteiger partial charge in [0.25, 0.3) is 5.91 Å². The monoisotopic (exact) mass is 236 g/mol. The molecule has 1 fully saturated rings. The lowest BCUT2D eigenvalue weighted by molar-refractivity contribution is -0.0668. The highest BCUT2D eigenvalue weighted by Gasteiger charge is 2.39. The number of aliphatic hydroxyl groups is 1. The first kappa shape index (κ1) is 11.7. The van der Waals surface area contributed by atoms with Crippen molar-refractivity contribution in [2.24, 2.45) is 0 Å². The number of β-amino-alcohol motifs (C(OH)–C–C–N with tert-alkyl or cyclic N) is 1. The van der Waals surface area contributed by atoms with Crippen molar-refractivity contribution in [2.75, 3.05) is 25.9 Å². The molecular formula is C12H16N2O3. The summed E-state index contributed by atoms with van der Waals surface area (Å²) in [7, 11) is 1.53. The van der Waals surface area contributed by atoms with Gasteiger partial charge in [0.15, 0.2) is 0 Å². The van der Waals surface area contributed by atoms with E-state index in [1.54, 1.807) is 30.0 Å². The Morgan fingerprint density at radius 2 is 2.18 bits per heavy atom. The van der Waals surface area contributed by atoms with Crippen LogP contribution >= 0.6 is 0 Å². The van der Waals surface area contributed by atoms with Gasteiger partial charge >= 0.3 is 0 Å². The van der Waals surface area contributed by atoms with E-state index in [0.717, 1.165) is 0 Å². The number of nitrogens with two attached hydrogens (primary N) is 1. The Morgan fingerprint density at radius 1 is 1.53 bits per heavy atom. The Kier molecular flexibility index (Phi) is 2.71. The molecule has 3 N–H and O–H groups in total. The normalized spacial score (nSPS) is 17.5. The van der Waals surface area contributed by atoms with Crippen LogP contribution < -0.4 is 10.5 Å². The molecule has 0 unspecified atom stereocenters. The van der Waals surface area contributed by atoms with Gasteiger partial charge in [-0.1, -0.05) is 0 Å². The Labute approximate surface area is 99.8 Å². The van der Waals surface area contributed by atoms with Gasteiger partial charge in [-0.25, -0.2) is 0 Å². The maximum atomic E-state index is 12.0. The van der Waals surface area contributed by atoms with Crippen molar-refractivity contribution in [3.63, 3.8) is 0 Å². The molecule has 0 atom stereocenters. The number of carbonyl (C=O) groups excluding carboxylic acids is 1. The Bertz CT molecular complexity index is 449. The second-order valence-electron chi connectivity index (χ2n) is 4.61. The molecule has 1 aromatic carbocycles. The summed E-state index contributed by atoms with van der Waals surface area (Å²) in [5.41, 5.74) is 5.93. The Balaban J connectivity index is 2.13. The van der Waals surface area contributed by atoms with E-state index >= 15 is 0 Å². The van der Waals surface area contributed by atoms with Gasteiger partial charge in [-0.05, 0) is 25.1 Å². The van der Waals surface area contributed by atoms with E-state index in [0.29, 0.717) is 30.1 Å². The highest BCUT2D eigenvalue weighted by atomic mass is 16.5. The zero-order valence-electron chi connectivity index (χ0n) is 9.93. The van der Waals surface area contributed by atoms with Gasteiger partial charge in [0.2, 0.25) is 0 Å². The fourth-order valence-electron chi connectivity index (χ4n) is 1.97. The van der Waals surface area contributed by atoms with E-state index in [-0.39, 0.29) is 5.91 Å². The topological polar surface area (TPSA) is 75.8 Å². The SMILES string of the molecule is COc1ccc(C(=O)N2CC(C)(O)C2)cc1N. The molecule has 1 amide bonds. The third kappa shape index (κ3) is 2.19. The Hall–Kier alpha value is -1.75. The van der Waals surface area contributed by atoms with Crippen molar-refractivity contribution in [1.82, 2.24) is 4.90 Å². The van der Waals surface area contributed by atoms with Gasteiger partial charge in [0.05, 0.1) is 31.5 Å². The molecule has 0 aliphatic carbocycles. The van der Waals surface area contributed by atoms with Crippen LogP contribution in [0.2, 0.25) is 0 Å². The highest BCUT2D eigenvalue weighted by Crippen LogP contribution is 2.26. The number of methoxy groups -OCH3 is 1. The van der Waals surface area contributed by atoms with E-state index in [1.807, 2.05) is 0 Å². The minimum atomic E-state index is -0.756. The number of hydrogen-bond donors (Lipinski definition) is 2. The first-order valence-electron chi connectivity index (χ1n) is 5.38. The average Bonchev–Trinajstić information content (AvgIpc) is 2.24. The van der Waals surface area contributed by atoms with Gasteiger partial charge in [0, 0.05) is 5.56 Å². The van der Waals surface area contributed by atoms with Crippen molar-refractivity contribution >= 4 is 11.6 Å². The summed E-state index contributed by atoms with van der Waals surface area (Å²) in [5, 5.41) is 9.58.